The first-order valence-corrected chi connectivity index (χ1v) is 7.24. The fourth-order valence-corrected chi connectivity index (χ4v) is 2.33. The van der Waals surface area contributed by atoms with Crippen molar-refractivity contribution in [3.8, 4) is 11.3 Å². The Hall–Kier alpha value is -2.81. The van der Waals surface area contributed by atoms with Gasteiger partial charge in [-0.1, -0.05) is 42.5 Å². The van der Waals surface area contributed by atoms with Crippen LogP contribution in [0, 0.1) is 0 Å². The lowest BCUT2D eigenvalue weighted by molar-refractivity contribution is 0.0940. The maximum atomic E-state index is 12.3. The molecule has 3 heteroatoms. The van der Waals surface area contributed by atoms with Gasteiger partial charge < -0.3 is 9.73 Å². The van der Waals surface area contributed by atoms with Crippen molar-refractivity contribution in [3.63, 3.8) is 0 Å². The van der Waals surface area contributed by atoms with Crippen molar-refractivity contribution in [1.29, 1.82) is 0 Å². The van der Waals surface area contributed by atoms with E-state index in [1.165, 1.54) is 0 Å². The molecule has 2 aromatic carbocycles. The van der Waals surface area contributed by atoms with Crippen LogP contribution in [0.5, 0.6) is 0 Å². The van der Waals surface area contributed by atoms with Gasteiger partial charge in [0.1, 0.15) is 5.76 Å². The van der Waals surface area contributed by atoms with E-state index in [9.17, 15) is 4.79 Å². The molecule has 1 amide bonds. The first-order valence-electron chi connectivity index (χ1n) is 7.24. The number of carbonyl (C=O) groups is 1. The van der Waals surface area contributed by atoms with E-state index in [-0.39, 0.29) is 11.9 Å². The van der Waals surface area contributed by atoms with Crippen molar-refractivity contribution in [2.75, 3.05) is 0 Å². The fraction of sp³-hybridized carbons (Fsp3) is 0.105. The molecule has 0 saturated carbocycles. The van der Waals surface area contributed by atoms with Crippen molar-refractivity contribution in [3.05, 3.63) is 84.1 Å². The number of benzene rings is 2. The first-order chi connectivity index (χ1) is 10.7. The molecule has 0 spiro atoms. The summed E-state index contributed by atoms with van der Waals surface area (Å²) in [6.07, 6.45) is 1.64. The molecule has 0 bridgehead atoms. The van der Waals surface area contributed by atoms with Gasteiger partial charge in [0.2, 0.25) is 0 Å². The molecular weight excluding hydrogens is 274 g/mol. The number of carbonyl (C=O) groups excluding carboxylic acids is 1. The van der Waals surface area contributed by atoms with Gasteiger partial charge in [-0.15, -0.1) is 0 Å². The summed E-state index contributed by atoms with van der Waals surface area (Å²) in [5.41, 5.74) is 2.68. The molecule has 110 valence electrons. The molecule has 3 nitrogen and oxygen atoms in total. The smallest absolute Gasteiger partial charge is 0.251 e. The predicted molar refractivity (Wildman–Crippen MR) is 86.5 cm³/mol. The van der Waals surface area contributed by atoms with E-state index in [0.29, 0.717) is 5.56 Å². The lowest BCUT2D eigenvalue weighted by atomic mass is 10.1. The number of rotatable bonds is 4. The van der Waals surface area contributed by atoms with E-state index in [4.69, 9.17) is 4.42 Å². The van der Waals surface area contributed by atoms with E-state index in [1.807, 2.05) is 73.7 Å². The van der Waals surface area contributed by atoms with Gasteiger partial charge in [0.25, 0.3) is 5.91 Å². The van der Waals surface area contributed by atoms with Crippen LogP contribution >= 0.6 is 0 Å². The molecule has 3 aromatic rings. The second-order valence-corrected chi connectivity index (χ2v) is 5.16. The minimum absolute atomic E-state index is 0.0292. The van der Waals surface area contributed by atoms with Gasteiger partial charge in [-0.25, -0.2) is 0 Å². The van der Waals surface area contributed by atoms with Crippen LogP contribution in [0.1, 0.15) is 28.9 Å². The normalized spacial score (nSPS) is 11.9. The minimum atomic E-state index is -0.0812. The van der Waals surface area contributed by atoms with E-state index in [2.05, 4.69) is 5.32 Å². The molecule has 0 aliphatic carbocycles. The van der Waals surface area contributed by atoms with E-state index in [0.717, 1.165) is 16.9 Å². The van der Waals surface area contributed by atoms with Gasteiger partial charge in [0.15, 0.2) is 0 Å². The van der Waals surface area contributed by atoms with Crippen molar-refractivity contribution in [2.45, 2.75) is 13.0 Å². The highest BCUT2D eigenvalue weighted by molar-refractivity contribution is 5.94. The molecule has 1 aromatic heterocycles. The van der Waals surface area contributed by atoms with Crippen LogP contribution in [0.25, 0.3) is 11.3 Å². The SMILES string of the molecule is C[C@H](NC(=O)c1ccc(-c2ccco2)cc1)c1ccccc1. The maximum absolute atomic E-state index is 12.3. The third-order valence-corrected chi connectivity index (χ3v) is 3.60. The molecule has 1 heterocycles. The van der Waals surface area contributed by atoms with Crippen molar-refractivity contribution >= 4 is 5.91 Å². The monoisotopic (exact) mass is 291 g/mol. The summed E-state index contributed by atoms with van der Waals surface area (Å²) < 4.78 is 5.34. The molecule has 0 radical (unpaired) electrons. The second-order valence-electron chi connectivity index (χ2n) is 5.16. The number of furan rings is 1. The molecule has 0 fully saturated rings. The molecule has 3 rings (SSSR count). The van der Waals surface area contributed by atoms with Gasteiger partial charge in [-0.2, -0.15) is 0 Å². The van der Waals surface area contributed by atoms with Crippen LogP contribution in [0.15, 0.2) is 77.4 Å². The standard InChI is InChI=1S/C19H17NO2/c1-14(15-6-3-2-4-7-15)20-19(21)17-11-9-16(10-12-17)18-8-5-13-22-18/h2-14H,1H3,(H,20,21)/t14-/m0/s1. The highest BCUT2D eigenvalue weighted by atomic mass is 16.3. The van der Waals surface area contributed by atoms with Gasteiger partial charge in [-0.3, -0.25) is 4.79 Å². The number of amides is 1. The summed E-state index contributed by atoms with van der Waals surface area (Å²) in [5.74, 6) is 0.715. The van der Waals surface area contributed by atoms with Crippen LogP contribution in [0.2, 0.25) is 0 Å². The van der Waals surface area contributed by atoms with E-state index in [1.54, 1.807) is 6.26 Å². The summed E-state index contributed by atoms with van der Waals surface area (Å²) in [7, 11) is 0. The zero-order valence-corrected chi connectivity index (χ0v) is 12.3. The summed E-state index contributed by atoms with van der Waals surface area (Å²) in [5, 5.41) is 3.00. The third kappa shape index (κ3) is 3.09. The topological polar surface area (TPSA) is 42.2 Å². The Bertz CT molecular complexity index is 731. The summed E-state index contributed by atoms with van der Waals surface area (Å²) in [4.78, 5) is 12.3. The van der Waals surface area contributed by atoms with Gasteiger partial charge in [0.05, 0.1) is 12.3 Å². The molecule has 0 aliphatic heterocycles. The minimum Gasteiger partial charge on any atom is -0.464 e. The quantitative estimate of drug-likeness (QED) is 0.772. The molecule has 1 N–H and O–H groups in total. The maximum Gasteiger partial charge on any atom is 0.251 e. The van der Waals surface area contributed by atoms with Crippen LogP contribution < -0.4 is 5.32 Å². The van der Waals surface area contributed by atoms with Crippen LogP contribution in [0.3, 0.4) is 0 Å². The molecule has 0 aliphatic rings. The summed E-state index contributed by atoms with van der Waals surface area (Å²) >= 11 is 0. The Balaban J connectivity index is 1.70. The first kappa shape index (κ1) is 14.1. The highest BCUT2D eigenvalue weighted by Gasteiger charge is 2.11. The second kappa shape index (κ2) is 6.31. The zero-order valence-electron chi connectivity index (χ0n) is 12.3. The summed E-state index contributed by atoms with van der Waals surface area (Å²) in [6.45, 7) is 1.98. The number of nitrogens with one attached hydrogen (secondary N) is 1. The van der Waals surface area contributed by atoms with Crippen LogP contribution in [0.4, 0.5) is 0 Å². The van der Waals surface area contributed by atoms with Gasteiger partial charge in [0, 0.05) is 11.1 Å². The van der Waals surface area contributed by atoms with Crippen molar-refractivity contribution in [1.82, 2.24) is 5.32 Å². The predicted octanol–water partition coefficient (Wildman–Crippen LogP) is 4.44. The van der Waals surface area contributed by atoms with Crippen LogP contribution in [-0.2, 0) is 0 Å². The zero-order chi connectivity index (χ0) is 15.4. The Labute approximate surface area is 129 Å². The number of hydrogen-bond acceptors (Lipinski definition) is 2. The molecule has 1 atom stereocenters. The lowest BCUT2D eigenvalue weighted by Gasteiger charge is -2.14. The fourth-order valence-electron chi connectivity index (χ4n) is 2.33. The van der Waals surface area contributed by atoms with E-state index >= 15 is 0 Å². The largest absolute Gasteiger partial charge is 0.464 e. The number of hydrogen-bond donors (Lipinski definition) is 1. The van der Waals surface area contributed by atoms with Crippen molar-refractivity contribution < 1.29 is 9.21 Å². The highest BCUT2D eigenvalue weighted by Crippen LogP contribution is 2.20. The molecule has 0 saturated heterocycles. The molecule has 0 unspecified atom stereocenters. The Morgan fingerprint density at radius 2 is 1.68 bits per heavy atom. The van der Waals surface area contributed by atoms with Crippen LogP contribution in [-0.4, -0.2) is 5.91 Å². The van der Waals surface area contributed by atoms with Crippen molar-refractivity contribution in [2.24, 2.45) is 0 Å². The Morgan fingerprint density at radius 3 is 2.32 bits per heavy atom. The Morgan fingerprint density at radius 1 is 0.955 bits per heavy atom. The summed E-state index contributed by atoms with van der Waals surface area (Å²) in [6, 6.07) is 21.0. The Kier molecular flexibility index (Phi) is 4.05. The lowest BCUT2D eigenvalue weighted by Crippen LogP contribution is -2.26. The van der Waals surface area contributed by atoms with Gasteiger partial charge in [-0.05, 0) is 36.8 Å². The average Bonchev–Trinajstić information content (AvgIpc) is 3.10. The average molecular weight is 291 g/mol. The van der Waals surface area contributed by atoms with Gasteiger partial charge >= 0.3 is 0 Å². The molecule has 22 heavy (non-hydrogen) atoms. The molecular formula is C19H17NO2. The van der Waals surface area contributed by atoms with E-state index < -0.39 is 0 Å². The third-order valence-electron chi connectivity index (χ3n) is 3.60.